The van der Waals surface area contributed by atoms with Gasteiger partial charge in [0, 0.05) is 6.54 Å². The molecule has 108 valence electrons. The Morgan fingerprint density at radius 1 is 1.45 bits per heavy atom. The van der Waals surface area contributed by atoms with Crippen LogP contribution in [0.2, 0.25) is 0 Å². The molecular weight excluding hydrogens is 274 g/mol. The molecule has 20 heavy (non-hydrogen) atoms. The molecule has 0 bridgehead atoms. The molecule has 8 heteroatoms. The van der Waals surface area contributed by atoms with Crippen molar-refractivity contribution in [3.63, 3.8) is 0 Å². The highest BCUT2D eigenvalue weighted by atomic mass is 19.1. The fraction of sp³-hybridized carbons (Fsp3) is 0.417. The molecule has 1 saturated heterocycles. The fourth-order valence-corrected chi connectivity index (χ4v) is 2.02. The van der Waals surface area contributed by atoms with Gasteiger partial charge in [-0.05, 0) is 13.0 Å². The molecule has 1 aliphatic heterocycles. The minimum Gasteiger partial charge on any atom is -0.377 e. The number of nitro groups is 1. The van der Waals surface area contributed by atoms with E-state index in [4.69, 9.17) is 4.74 Å². The SMILES string of the molecule is CC1COCCN1C(=O)c1cc(F)c([N+](=O)[O-])cc1F. The molecule has 0 aliphatic carbocycles. The summed E-state index contributed by atoms with van der Waals surface area (Å²) in [5.41, 5.74) is -1.50. The Kier molecular flexibility index (Phi) is 3.93. The van der Waals surface area contributed by atoms with Gasteiger partial charge in [0.05, 0.1) is 35.8 Å². The number of carbonyl (C=O) groups is 1. The van der Waals surface area contributed by atoms with Crippen LogP contribution >= 0.6 is 0 Å². The predicted molar refractivity (Wildman–Crippen MR) is 64.3 cm³/mol. The zero-order chi connectivity index (χ0) is 14.9. The van der Waals surface area contributed by atoms with Crippen LogP contribution in [0.25, 0.3) is 0 Å². The zero-order valence-corrected chi connectivity index (χ0v) is 10.6. The van der Waals surface area contributed by atoms with Crippen molar-refractivity contribution in [1.29, 1.82) is 0 Å². The molecule has 1 aliphatic rings. The molecule has 1 fully saturated rings. The van der Waals surface area contributed by atoms with E-state index >= 15 is 0 Å². The summed E-state index contributed by atoms with van der Waals surface area (Å²) >= 11 is 0. The number of hydrogen-bond acceptors (Lipinski definition) is 4. The van der Waals surface area contributed by atoms with Crippen LogP contribution < -0.4 is 0 Å². The summed E-state index contributed by atoms with van der Waals surface area (Å²) in [5, 5.41) is 10.5. The van der Waals surface area contributed by atoms with Gasteiger partial charge in [-0.15, -0.1) is 0 Å². The lowest BCUT2D eigenvalue weighted by molar-refractivity contribution is -0.387. The van der Waals surface area contributed by atoms with Crippen LogP contribution in [-0.2, 0) is 4.74 Å². The summed E-state index contributed by atoms with van der Waals surface area (Å²) in [6, 6.07) is 0.722. The van der Waals surface area contributed by atoms with Crippen molar-refractivity contribution in [3.05, 3.63) is 39.4 Å². The first-order chi connectivity index (χ1) is 9.41. The third kappa shape index (κ3) is 2.60. The van der Waals surface area contributed by atoms with Crippen molar-refractivity contribution in [2.24, 2.45) is 0 Å². The van der Waals surface area contributed by atoms with Crippen molar-refractivity contribution in [2.75, 3.05) is 19.8 Å². The number of nitro benzene ring substituents is 1. The van der Waals surface area contributed by atoms with E-state index < -0.39 is 33.7 Å². The molecule has 1 unspecified atom stereocenters. The summed E-state index contributed by atoms with van der Waals surface area (Å²) in [7, 11) is 0. The first-order valence-corrected chi connectivity index (χ1v) is 5.94. The monoisotopic (exact) mass is 286 g/mol. The molecular formula is C12H12F2N2O4. The Balaban J connectivity index is 2.35. The number of carbonyl (C=O) groups excluding carboxylic acids is 1. The van der Waals surface area contributed by atoms with Crippen molar-refractivity contribution in [2.45, 2.75) is 13.0 Å². The van der Waals surface area contributed by atoms with Gasteiger partial charge in [-0.3, -0.25) is 14.9 Å². The molecule has 0 saturated carbocycles. The summed E-state index contributed by atoms with van der Waals surface area (Å²) in [5.74, 6) is -3.05. The van der Waals surface area contributed by atoms with E-state index in [1.165, 1.54) is 4.90 Å². The van der Waals surface area contributed by atoms with Gasteiger partial charge in [0.15, 0.2) is 0 Å². The molecule has 1 aromatic rings. The normalized spacial score (nSPS) is 18.9. The average Bonchev–Trinajstić information content (AvgIpc) is 2.40. The zero-order valence-electron chi connectivity index (χ0n) is 10.6. The molecule has 6 nitrogen and oxygen atoms in total. The van der Waals surface area contributed by atoms with Crippen LogP contribution in [0.4, 0.5) is 14.5 Å². The maximum absolute atomic E-state index is 13.8. The number of rotatable bonds is 2. The van der Waals surface area contributed by atoms with E-state index in [1.54, 1.807) is 6.92 Å². The van der Waals surface area contributed by atoms with E-state index in [1.807, 2.05) is 0 Å². The smallest absolute Gasteiger partial charge is 0.307 e. The molecule has 0 aromatic heterocycles. The molecule has 2 rings (SSSR count). The second-order valence-corrected chi connectivity index (χ2v) is 4.46. The average molecular weight is 286 g/mol. The Morgan fingerprint density at radius 2 is 2.15 bits per heavy atom. The topological polar surface area (TPSA) is 72.7 Å². The van der Waals surface area contributed by atoms with Crippen molar-refractivity contribution in [3.8, 4) is 0 Å². The molecule has 1 heterocycles. The Hall–Kier alpha value is -2.09. The number of halogens is 2. The Bertz CT molecular complexity index is 565. The second kappa shape index (κ2) is 5.49. The number of hydrogen-bond donors (Lipinski definition) is 0. The Labute approximate surface area is 113 Å². The second-order valence-electron chi connectivity index (χ2n) is 4.46. The van der Waals surface area contributed by atoms with Gasteiger partial charge in [-0.25, -0.2) is 4.39 Å². The van der Waals surface area contributed by atoms with Gasteiger partial charge < -0.3 is 9.64 Å². The molecule has 0 spiro atoms. The first kappa shape index (κ1) is 14.3. The van der Waals surface area contributed by atoms with Crippen LogP contribution in [0.3, 0.4) is 0 Å². The lowest BCUT2D eigenvalue weighted by Gasteiger charge is -2.33. The number of morpholine rings is 1. The fourth-order valence-electron chi connectivity index (χ4n) is 2.02. The van der Waals surface area contributed by atoms with Gasteiger partial charge >= 0.3 is 5.69 Å². The van der Waals surface area contributed by atoms with E-state index in [9.17, 15) is 23.7 Å². The minimum absolute atomic E-state index is 0.262. The number of benzene rings is 1. The van der Waals surface area contributed by atoms with Gasteiger partial charge in [-0.1, -0.05) is 0 Å². The van der Waals surface area contributed by atoms with E-state index in [-0.39, 0.29) is 12.6 Å². The van der Waals surface area contributed by atoms with E-state index in [0.717, 1.165) is 0 Å². The van der Waals surface area contributed by atoms with E-state index in [2.05, 4.69) is 0 Å². The standard InChI is InChI=1S/C12H12F2N2O4/c1-7-6-20-3-2-15(7)12(17)8-4-10(14)11(16(18)19)5-9(8)13/h4-5,7H,2-3,6H2,1H3. The van der Waals surface area contributed by atoms with Crippen molar-refractivity contribution < 1.29 is 23.2 Å². The van der Waals surface area contributed by atoms with Crippen molar-refractivity contribution >= 4 is 11.6 Å². The highest BCUT2D eigenvalue weighted by Crippen LogP contribution is 2.23. The third-order valence-corrected chi connectivity index (χ3v) is 3.09. The lowest BCUT2D eigenvalue weighted by atomic mass is 10.1. The summed E-state index contributed by atoms with van der Waals surface area (Å²) < 4.78 is 32.4. The van der Waals surface area contributed by atoms with Gasteiger partial charge in [0.2, 0.25) is 5.82 Å². The van der Waals surface area contributed by atoms with Gasteiger partial charge in [-0.2, -0.15) is 4.39 Å². The van der Waals surface area contributed by atoms with E-state index in [0.29, 0.717) is 25.3 Å². The molecule has 1 atom stereocenters. The van der Waals surface area contributed by atoms with Gasteiger partial charge in [0.1, 0.15) is 5.82 Å². The van der Waals surface area contributed by atoms with Crippen molar-refractivity contribution in [1.82, 2.24) is 4.90 Å². The first-order valence-electron chi connectivity index (χ1n) is 5.94. The third-order valence-electron chi connectivity index (χ3n) is 3.09. The largest absolute Gasteiger partial charge is 0.377 e. The van der Waals surface area contributed by atoms with Crippen LogP contribution in [0.1, 0.15) is 17.3 Å². The van der Waals surface area contributed by atoms with Crippen LogP contribution in [0.15, 0.2) is 12.1 Å². The quantitative estimate of drug-likeness (QED) is 0.613. The maximum Gasteiger partial charge on any atom is 0.307 e. The Morgan fingerprint density at radius 3 is 2.75 bits per heavy atom. The highest BCUT2D eigenvalue weighted by molar-refractivity contribution is 5.95. The highest BCUT2D eigenvalue weighted by Gasteiger charge is 2.29. The molecule has 1 amide bonds. The number of ether oxygens (including phenoxy) is 1. The summed E-state index contributed by atoms with van der Waals surface area (Å²) in [6.45, 7) is 2.60. The molecule has 0 radical (unpaired) electrons. The summed E-state index contributed by atoms with van der Waals surface area (Å²) in [6.07, 6.45) is 0. The number of nitrogens with zero attached hydrogens (tertiary/aromatic N) is 2. The molecule has 1 aromatic carbocycles. The maximum atomic E-state index is 13.8. The van der Waals surface area contributed by atoms with Gasteiger partial charge in [0.25, 0.3) is 5.91 Å². The lowest BCUT2D eigenvalue weighted by Crippen LogP contribution is -2.47. The van der Waals surface area contributed by atoms with Crippen LogP contribution in [0.5, 0.6) is 0 Å². The van der Waals surface area contributed by atoms with Crippen LogP contribution in [-0.4, -0.2) is 41.5 Å². The summed E-state index contributed by atoms with van der Waals surface area (Å²) in [4.78, 5) is 23.0. The predicted octanol–water partition coefficient (Wildman–Crippen LogP) is 1.73. The van der Waals surface area contributed by atoms with Crippen LogP contribution in [0, 0.1) is 21.7 Å². The number of amides is 1. The minimum atomic E-state index is -1.24. The molecule has 0 N–H and O–H groups in total.